The van der Waals surface area contributed by atoms with Crippen molar-refractivity contribution in [2.45, 2.75) is 6.92 Å². The number of pyridine rings is 2. The van der Waals surface area contributed by atoms with Crippen LogP contribution in [0.4, 0.5) is 11.5 Å². The maximum Gasteiger partial charge on any atom is 0.253 e. The highest BCUT2D eigenvalue weighted by Gasteiger charge is 2.16. The van der Waals surface area contributed by atoms with Crippen LogP contribution in [0.15, 0.2) is 67.3 Å². The largest absolute Gasteiger partial charge is 0.345 e. The lowest BCUT2D eigenvalue weighted by Crippen LogP contribution is -2.21. The number of hydrogen-bond acceptors (Lipinski definition) is 5. The third-order valence-corrected chi connectivity index (χ3v) is 6.01. The van der Waals surface area contributed by atoms with Crippen LogP contribution in [0.5, 0.6) is 0 Å². The number of aromatic nitrogens is 5. The normalized spacial score (nSPS) is 11.1. The molecular formula is C26H24ClN7O. The van der Waals surface area contributed by atoms with Crippen LogP contribution < -0.4 is 5.32 Å². The Labute approximate surface area is 207 Å². The Kier molecular flexibility index (Phi) is 5.74. The molecule has 0 spiro atoms. The second-order valence-electron chi connectivity index (χ2n) is 8.61. The van der Waals surface area contributed by atoms with Gasteiger partial charge in [0.15, 0.2) is 0 Å². The van der Waals surface area contributed by atoms with Gasteiger partial charge in [-0.1, -0.05) is 17.7 Å². The molecule has 1 aromatic carbocycles. The van der Waals surface area contributed by atoms with Crippen LogP contribution in [-0.4, -0.2) is 49.2 Å². The number of anilines is 2. The molecule has 0 radical (unpaired) electrons. The summed E-state index contributed by atoms with van der Waals surface area (Å²) in [7, 11) is 5.31. The van der Waals surface area contributed by atoms with Crippen molar-refractivity contribution in [1.29, 1.82) is 0 Å². The predicted octanol–water partition coefficient (Wildman–Crippen LogP) is 5.23. The molecule has 0 atom stereocenters. The van der Waals surface area contributed by atoms with Crippen molar-refractivity contribution in [2.24, 2.45) is 7.05 Å². The van der Waals surface area contributed by atoms with E-state index in [9.17, 15) is 4.79 Å². The minimum Gasteiger partial charge on any atom is -0.345 e. The van der Waals surface area contributed by atoms with Gasteiger partial charge in [-0.3, -0.25) is 14.0 Å². The average molecular weight is 486 g/mol. The first-order valence-corrected chi connectivity index (χ1v) is 11.4. The smallest absolute Gasteiger partial charge is 0.253 e. The second-order valence-corrected chi connectivity index (χ2v) is 9.02. The Balaban J connectivity index is 1.59. The number of fused-ring (bicyclic) bond motifs is 1. The molecule has 0 saturated carbocycles. The van der Waals surface area contributed by atoms with Crippen LogP contribution in [0.1, 0.15) is 15.9 Å². The molecule has 0 aliphatic heterocycles. The zero-order valence-electron chi connectivity index (χ0n) is 19.8. The molecule has 176 valence electrons. The predicted molar refractivity (Wildman–Crippen MR) is 139 cm³/mol. The first kappa shape index (κ1) is 22.6. The third-order valence-electron chi connectivity index (χ3n) is 5.70. The third kappa shape index (κ3) is 4.36. The molecule has 0 unspecified atom stereocenters. The van der Waals surface area contributed by atoms with E-state index in [4.69, 9.17) is 11.6 Å². The van der Waals surface area contributed by atoms with Crippen LogP contribution in [0, 0.1) is 6.92 Å². The molecule has 5 rings (SSSR count). The maximum atomic E-state index is 12.2. The summed E-state index contributed by atoms with van der Waals surface area (Å²) in [6, 6.07) is 13.3. The molecule has 0 bridgehead atoms. The molecule has 9 heteroatoms. The first-order chi connectivity index (χ1) is 16.8. The number of nitrogens with one attached hydrogen (secondary N) is 1. The van der Waals surface area contributed by atoms with Crippen LogP contribution in [0.25, 0.3) is 28.0 Å². The summed E-state index contributed by atoms with van der Waals surface area (Å²) < 4.78 is 3.87. The average Bonchev–Trinajstić information content (AvgIpc) is 3.43. The molecule has 1 amide bonds. The fourth-order valence-electron chi connectivity index (χ4n) is 3.92. The van der Waals surface area contributed by atoms with Gasteiger partial charge >= 0.3 is 0 Å². The van der Waals surface area contributed by atoms with E-state index in [1.54, 1.807) is 37.0 Å². The van der Waals surface area contributed by atoms with Crippen LogP contribution in [-0.2, 0) is 7.05 Å². The molecule has 35 heavy (non-hydrogen) atoms. The summed E-state index contributed by atoms with van der Waals surface area (Å²) in [6.07, 6.45) is 7.48. The Morgan fingerprint density at radius 3 is 2.51 bits per heavy atom. The van der Waals surface area contributed by atoms with Crippen LogP contribution in [0.2, 0.25) is 5.02 Å². The number of hydrogen-bond donors (Lipinski definition) is 1. The molecule has 8 nitrogen and oxygen atoms in total. The molecule has 0 fully saturated rings. The fourth-order valence-corrected chi connectivity index (χ4v) is 4.15. The number of halogens is 1. The van der Waals surface area contributed by atoms with Crippen LogP contribution >= 0.6 is 11.6 Å². The SMILES string of the molecule is Cc1ccc(-n2c(-c3cnn(C)c3)cc3cnc(Nc4ccc(C(=O)N(C)C)cc4Cl)cc32)nc1. The van der Waals surface area contributed by atoms with Crippen LogP contribution in [0.3, 0.4) is 0 Å². The molecule has 1 N–H and O–H groups in total. The van der Waals surface area contributed by atoms with E-state index in [1.807, 2.05) is 57.0 Å². The van der Waals surface area contributed by atoms with Crippen molar-refractivity contribution >= 4 is 39.9 Å². The van der Waals surface area contributed by atoms with Crippen molar-refractivity contribution in [1.82, 2.24) is 29.2 Å². The summed E-state index contributed by atoms with van der Waals surface area (Å²) in [6.45, 7) is 2.01. The number of benzene rings is 1. The molecular weight excluding hydrogens is 462 g/mol. The van der Waals surface area contributed by atoms with E-state index in [-0.39, 0.29) is 5.91 Å². The minimum atomic E-state index is -0.107. The summed E-state index contributed by atoms with van der Waals surface area (Å²) >= 11 is 6.49. The van der Waals surface area contributed by atoms with E-state index < -0.39 is 0 Å². The number of carbonyl (C=O) groups excluding carboxylic acids is 1. The topological polar surface area (TPSA) is 80.9 Å². The standard InChI is InChI=1S/C26H24ClN7O/c1-16-5-8-25(29-12-16)34-22(19-14-30-33(4)15-19)10-18-13-28-24(11-23(18)34)31-21-7-6-17(9-20(21)27)26(35)32(2)3/h5-15H,1-4H3,(H,28,31). The summed E-state index contributed by atoms with van der Waals surface area (Å²) in [4.78, 5) is 23.0. The van der Waals surface area contributed by atoms with Crippen molar-refractivity contribution in [3.63, 3.8) is 0 Å². The van der Waals surface area contributed by atoms with Gasteiger partial charge in [-0.15, -0.1) is 0 Å². The van der Waals surface area contributed by atoms with Gasteiger partial charge in [-0.05, 0) is 42.8 Å². The minimum absolute atomic E-state index is 0.107. The summed E-state index contributed by atoms with van der Waals surface area (Å²) in [5.41, 5.74) is 5.15. The van der Waals surface area contributed by atoms with Crippen molar-refractivity contribution in [3.05, 3.63) is 83.4 Å². The summed E-state index contributed by atoms with van der Waals surface area (Å²) in [5, 5.41) is 9.02. The van der Waals surface area contributed by atoms with Gasteiger partial charge < -0.3 is 10.2 Å². The number of amides is 1. The van der Waals surface area contributed by atoms with E-state index >= 15 is 0 Å². The first-order valence-electron chi connectivity index (χ1n) is 11.0. The van der Waals surface area contributed by atoms with Crippen molar-refractivity contribution in [2.75, 3.05) is 19.4 Å². The summed E-state index contributed by atoms with van der Waals surface area (Å²) in [5.74, 6) is 1.31. The number of carbonyl (C=O) groups is 1. The van der Waals surface area contributed by atoms with Crippen molar-refractivity contribution < 1.29 is 4.79 Å². The van der Waals surface area contributed by atoms with Gasteiger partial charge in [0.25, 0.3) is 5.91 Å². The highest BCUT2D eigenvalue weighted by molar-refractivity contribution is 6.33. The molecule has 0 saturated heterocycles. The van der Waals surface area contributed by atoms with Gasteiger partial charge in [0.1, 0.15) is 11.6 Å². The zero-order valence-corrected chi connectivity index (χ0v) is 20.6. The zero-order chi connectivity index (χ0) is 24.7. The van der Waals surface area contributed by atoms with E-state index in [2.05, 4.69) is 31.0 Å². The lowest BCUT2D eigenvalue weighted by molar-refractivity contribution is 0.0827. The molecule has 4 heterocycles. The molecule has 5 aromatic rings. The highest BCUT2D eigenvalue weighted by atomic mass is 35.5. The van der Waals surface area contributed by atoms with Gasteiger partial charge in [0.05, 0.1) is 28.1 Å². The Bertz CT molecular complexity index is 1550. The Morgan fingerprint density at radius 1 is 1.03 bits per heavy atom. The number of aryl methyl sites for hydroxylation is 2. The lowest BCUT2D eigenvalue weighted by Gasteiger charge is -2.13. The molecule has 0 aliphatic carbocycles. The van der Waals surface area contributed by atoms with E-state index in [1.165, 1.54) is 4.90 Å². The Hall–Kier alpha value is -4.17. The van der Waals surface area contributed by atoms with Gasteiger partial charge in [0, 0.05) is 62.3 Å². The monoisotopic (exact) mass is 485 g/mol. The molecule has 4 aromatic heterocycles. The Morgan fingerprint density at radius 2 is 1.86 bits per heavy atom. The van der Waals surface area contributed by atoms with E-state index in [0.717, 1.165) is 33.5 Å². The molecule has 0 aliphatic rings. The van der Waals surface area contributed by atoms with Crippen molar-refractivity contribution in [3.8, 4) is 17.1 Å². The number of rotatable bonds is 5. The fraction of sp³-hybridized carbons (Fsp3) is 0.154. The van der Waals surface area contributed by atoms with Gasteiger partial charge in [-0.25, -0.2) is 9.97 Å². The maximum absolute atomic E-state index is 12.2. The van der Waals surface area contributed by atoms with Gasteiger partial charge in [0.2, 0.25) is 0 Å². The second kappa shape index (κ2) is 8.88. The quantitative estimate of drug-likeness (QED) is 0.368. The van der Waals surface area contributed by atoms with E-state index in [0.29, 0.717) is 22.1 Å². The number of nitrogens with zero attached hydrogens (tertiary/aromatic N) is 6. The van der Waals surface area contributed by atoms with Gasteiger partial charge in [-0.2, -0.15) is 5.10 Å². The highest BCUT2D eigenvalue weighted by Crippen LogP contribution is 2.33. The lowest BCUT2D eigenvalue weighted by atomic mass is 10.2.